The van der Waals surface area contributed by atoms with E-state index in [1.807, 2.05) is 0 Å². The van der Waals surface area contributed by atoms with Gasteiger partial charge in [-0.25, -0.2) is 0 Å². The molecule has 0 aliphatic carbocycles. The highest BCUT2D eigenvalue weighted by Crippen LogP contribution is 2.37. The number of carbonyl (C=O) groups is 1. The van der Waals surface area contributed by atoms with Crippen LogP contribution in [0.25, 0.3) is 0 Å². The van der Waals surface area contributed by atoms with E-state index in [1.165, 1.54) is 11.0 Å². The van der Waals surface area contributed by atoms with Crippen LogP contribution in [-0.2, 0) is 6.18 Å². The molecule has 0 radical (unpaired) electrons. The summed E-state index contributed by atoms with van der Waals surface area (Å²) in [6, 6.07) is 3.04. The summed E-state index contributed by atoms with van der Waals surface area (Å²) in [5.41, 5.74) is -0.821. The second-order valence-corrected chi connectivity index (χ2v) is 4.42. The molecule has 0 N–H and O–H groups in total. The van der Waals surface area contributed by atoms with E-state index in [9.17, 15) is 18.0 Å². The molecule has 2 aliphatic rings. The molecule has 0 spiro atoms. The molecule has 96 valence electrons. The Morgan fingerprint density at radius 3 is 2.83 bits per heavy atom. The van der Waals surface area contributed by atoms with Crippen LogP contribution in [0.5, 0.6) is 5.75 Å². The predicted molar refractivity (Wildman–Crippen MR) is 56.1 cm³/mol. The van der Waals surface area contributed by atoms with E-state index in [0.29, 0.717) is 6.54 Å². The van der Waals surface area contributed by atoms with Crippen molar-refractivity contribution in [1.29, 1.82) is 0 Å². The number of ether oxygens (including phenoxy) is 1. The molecule has 0 saturated carbocycles. The maximum Gasteiger partial charge on any atom is 0.416 e. The van der Waals surface area contributed by atoms with Gasteiger partial charge in [0.25, 0.3) is 5.91 Å². The molecule has 1 aromatic rings. The zero-order chi connectivity index (χ0) is 12.9. The third-order valence-corrected chi connectivity index (χ3v) is 3.26. The van der Waals surface area contributed by atoms with Gasteiger partial charge in [0, 0.05) is 13.0 Å². The van der Waals surface area contributed by atoms with Crippen molar-refractivity contribution in [2.75, 3.05) is 6.54 Å². The molecule has 3 rings (SSSR count). The summed E-state index contributed by atoms with van der Waals surface area (Å²) in [6.45, 7) is 0.541. The Labute approximate surface area is 101 Å². The zero-order valence-electron chi connectivity index (χ0n) is 9.33. The van der Waals surface area contributed by atoms with Gasteiger partial charge in [-0.05, 0) is 24.6 Å². The molecule has 1 atom stereocenters. The second-order valence-electron chi connectivity index (χ2n) is 4.42. The molecule has 2 heterocycles. The number of nitrogens with zero attached hydrogens (tertiary/aromatic N) is 1. The van der Waals surface area contributed by atoms with Crippen LogP contribution in [0.1, 0.15) is 28.8 Å². The van der Waals surface area contributed by atoms with Gasteiger partial charge in [0.1, 0.15) is 5.75 Å². The molecule has 3 nitrogen and oxygen atoms in total. The Kier molecular flexibility index (Phi) is 2.30. The molecule has 1 saturated heterocycles. The van der Waals surface area contributed by atoms with Crippen molar-refractivity contribution in [2.24, 2.45) is 0 Å². The third kappa shape index (κ3) is 1.63. The number of alkyl halides is 3. The molecule has 6 heteroatoms. The number of carbonyl (C=O) groups excluding carboxylic acids is 1. The summed E-state index contributed by atoms with van der Waals surface area (Å²) in [6.07, 6.45) is -3.22. The molecule has 1 unspecified atom stereocenters. The molecule has 1 amide bonds. The highest BCUT2D eigenvalue weighted by atomic mass is 19.4. The minimum absolute atomic E-state index is 0.00275. The van der Waals surface area contributed by atoms with Crippen molar-refractivity contribution in [2.45, 2.75) is 25.2 Å². The highest BCUT2D eigenvalue weighted by molar-refractivity contribution is 5.98. The lowest BCUT2D eigenvalue weighted by molar-refractivity contribution is -0.137. The summed E-state index contributed by atoms with van der Waals surface area (Å²) >= 11 is 0. The minimum atomic E-state index is -4.45. The molecule has 0 aromatic heterocycles. The second kappa shape index (κ2) is 3.63. The summed E-state index contributed by atoms with van der Waals surface area (Å²) in [5, 5.41) is 0. The van der Waals surface area contributed by atoms with Gasteiger partial charge in [0.2, 0.25) is 0 Å². The standard InChI is InChI=1S/C12H10F3NO2/c13-12(14,15)7-3-4-9-8(6-7)11(17)16-5-1-2-10(16)18-9/h3-4,6,10H,1-2,5H2. The van der Waals surface area contributed by atoms with Crippen molar-refractivity contribution in [3.63, 3.8) is 0 Å². The van der Waals surface area contributed by atoms with Crippen LogP contribution in [0, 0.1) is 0 Å². The Bertz CT molecular complexity index is 513. The first kappa shape index (κ1) is 11.4. The fourth-order valence-electron chi connectivity index (χ4n) is 2.37. The molecule has 2 aliphatic heterocycles. The van der Waals surface area contributed by atoms with Crippen LogP contribution < -0.4 is 4.74 Å². The fraction of sp³-hybridized carbons (Fsp3) is 0.417. The number of amides is 1. The van der Waals surface area contributed by atoms with E-state index in [2.05, 4.69) is 0 Å². The number of halogens is 3. The van der Waals surface area contributed by atoms with E-state index < -0.39 is 11.7 Å². The third-order valence-electron chi connectivity index (χ3n) is 3.26. The van der Waals surface area contributed by atoms with E-state index in [-0.39, 0.29) is 23.4 Å². The maximum atomic E-state index is 12.6. The Morgan fingerprint density at radius 2 is 2.11 bits per heavy atom. The summed E-state index contributed by atoms with van der Waals surface area (Å²) < 4.78 is 43.3. The lowest BCUT2D eigenvalue weighted by Crippen LogP contribution is -2.43. The normalized spacial score (nSPS) is 22.5. The van der Waals surface area contributed by atoms with E-state index in [1.54, 1.807) is 0 Å². The fourth-order valence-corrected chi connectivity index (χ4v) is 2.37. The van der Waals surface area contributed by atoms with E-state index in [4.69, 9.17) is 4.74 Å². The van der Waals surface area contributed by atoms with Gasteiger partial charge in [-0.15, -0.1) is 0 Å². The first-order chi connectivity index (χ1) is 8.47. The van der Waals surface area contributed by atoms with Crippen molar-refractivity contribution in [1.82, 2.24) is 4.90 Å². The lowest BCUT2D eigenvalue weighted by Gasteiger charge is -2.31. The average Bonchev–Trinajstić information content (AvgIpc) is 2.76. The first-order valence-corrected chi connectivity index (χ1v) is 5.66. The maximum absolute atomic E-state index is 12.6. The van der Waals surface area contributed by atoms with Gasteiger partial charge in [0.05, 0.1) is 11.1 Å². The van der Waals surface area contributed by atoms with Crippen molar-refractivity contribution >= 4 is 5.91 Å². The topological polar surface area (TPSA) is 29.5 Å². The highest BCUT2D eigenvalue weighted by Gasteiger charge is 2.39. The van der Waals surface area contributed by atoms with Crippen molar-refractivity contribution in [3.8, 4) is 5.75 Å². The molecule has 0 bridgehead atoms. The zero-order valence-corrected chi connectivity index (χ0v) is 9.33. The first-order valence-electron chi connectivity index (χ1n) is 5.66. The number of hydrogen-bond donors (Lipinski definition) is 0. The van der Waals surface area contributed by atoms with Gasteiger partial charge >= 0.3 is 6.18 Å². The van der Waals surface area contributed by atoms with Crippen molar-refractivity contribution < 1.29 is 22.7 Å². The van der Waals surface area contributed by atoms with E-state index >= 15 is 0 Å². The molecule has 1 aromatic carbocycles. The quantitative estimate of drug-likeness (QED) is 0.715. The van der Waals surface area contributed by atoms with E-state index in [0.717, 1.165) is 25.0 Å². The predicted octanol–water partition coefficient (Wildman–Crippen LogP) is 2.66. The number of benzene rings is 1. The number of rotatable bonds is 0. The largest absolute Gasteiger partial charge is 0.470 e. The van der Waals surface area contributed by atoms with Crippen LogP contribution in [0.4, 0.5) is 13.2 Å². The van der Waals surface area contributed by atoms with Crippen LogP contribution in [0.15, 0.2) is 18.2 Å². The molecule has 1 fully saturated rings. The van der Waals surface area contributed by atoms with Crippen LogP contribution in [0.3, 0.4) is 0 Å². The summed E-state index contributed by atoms with van der Waals surface area (Å²) in [7, 11) is 0. The molecule has 18 heavy (non-hydrogen) atoms. The molecular formula is C12H10F3NO2. The minimum Gasteiger partial charge on any atom is -0.470 e. The van der Waals surface area contributed by atoms with Gasteiger partial charge in [-0.1, -0.05) is 0 Å². The number of hydrogen-bond acceptors (Lipinski definition) is 2. The van der Waals surface area contributed by atoms with Crippen molar-refractivity contribution in [3.05, 3.63) is 29.3 Å². The average molecular weight is 257 g/mol. The van der Waals surface area contributed by atoms with Gasteiger partial charge in [-0.3, -0.25) is 4.79 Å². The summed E-state index contributed by atoms with van der Waals surface area (Å²) in [4.78, 5) is 13.5. The summed E-state index contributed by atoms with van der Waals surface area (Å²) in [5.74, 6) is -0.124. The Morgan fingerprint density at radius 1 is 1.33 bits per heavy atom. The Hall–Kier alpha value is -1.72. The Balaban J connectivity index is 2.04. The van der Waals surface area contributed by atoms with Gasteiger partial charge in [-0.2, -0.15) is 13.2 Å². The van der Waals surface area contributed by atoms with Gasteiger partial charge in [0.15, 0.2) is 6.23 Å². The molecular weight excluding hydrogens is 247 g/mol. The van der Waals surface area contributed by atoms with Crippen LogP contribution in [-0.4, -0.2) is 23.6 Å². The van der Waals surface area contributed by atoms with Crippen LogP contribution >= 0.6 is 0 Å². The number of fused-ring (bicyclic) bond motifs is 2. The lowest BCUT2D eigenvalue weighted by atomic mass is 10.1. The SMILES string of the molecule is O=C1c2cc(C(F)(F)F)ccc2OC2CCCN12. The van der Waals surface area contributed by atoms with Crippen LogP contribution in [0.2, 0.25) is 0 Å². The smallest absolute Gasteiger partial charge is 0.416 e. The van der Waals surface area contributed by atoms with Gasteiger partial charge < -0.3 is 9.64 Å². The monoisotopic (exact) mass is 257 g/mol.